The Bertz CT molecular complexity index is 713. The van der Waals surface area contributed by atoms with Gasteiger partial charge in [0.2, 0.25) is 11.1 Å². The summed E-state index contributed by atoms with van der Waals surface area (Å²) in [7, 11) is 0. The molecule has 0 bridgehead atoms. The van der Waals surface area contributed by atoms with E-state index in [2.05, 4.69) is 38.7 Å². The number of H-pyrrole nitrogens is 1. The second kappa shape index (κ2) is 7.83. The zero-order valence-corrected chi connectivity index (χ0v) is 15.1. The molecule has 1 heterocycles. The summed E-state index contributed by atoms with van der Waals surface area (Å²) < 4.78 is 0. The summed E-state index contributed by atoms with van der Waals surface area (Å²) in [5.74, 6) is 1.54. The fourth-order valence-electron chi connectivity index (χ4n) is 3.04. The van der Waals surface area contributed by atoms with Crippen LogP contribution in [0.1, 0.15) is 54.7 Å². The minimum atomic E-state index is 0.0421. The molecule has 3 rings (SSSR count). The Morgan fingerprint density at radius 2 is 2.12 bits per heavy atom. The molecule has 0 saturated heterocycles. The Labute approximate surface area is 147 Å². The standard InChI is InChI=1S/C18H24N4OS/c1-12(15-8-7-14-5-3-4-6-16(14)11-15)19-17(23)9-10-24-18-20-13(2)21-22-18/h7-8,11-12H,3-6,9-10H2,1-2H3,(H,19,23)(H,20,21,22)/t12-/m1/s1. The van der Waals surface area contributed by atoms with Crippen LogP contribution < -0.4 is 5.32 Å². The van der Waals surface area contributed by atoms with Crippen molar-refractivity contribution in [2.75, 3.05) is 5.75 Å². The number of hydrogen-bond acceptors (Lipinski definition) is 4. The van der Waals surface area contributed by atoms with Crippen molar-refractivity contribution in [3.05, 3.63) is 40.7 Å². The Morgan fingerprint density at radius 3 is 2.88 bits per heavy atom. The number of thioether (sulfide) groups is 1. The molecule has 0 aliphatic heterocycles. The number of carbonyl (C=O) groups is 1. The molecule has 2 aromatic rings. The van der Waals surface area contributed by atoms with Crippen LogP contribution in [0, 0.1) is 6.92 Å². The van der Waals surface area contributed by atoms with Crippen molar-refractivity contribution in [1.82, 2.24) is 20.5 Å². The van der Waals surface area contributed by atoms with Gasteiger partial charge in [-0.15, -0.1) is 5.10 Å². The van der Waals surface area contributed by atoms with Crippen LogP contribution in [0.4, 0.5) is 0 Å². The minimum absolute atomic E-state index is 0.0421. The van der Waals surface area contributed by atoms with Gasteiger partial charge in [0.05, 0.1) is 6.04 Å². The zero-order valence-electron chi connectivity index (χ0n) is 14.3. The lowest BCUT2D eigenvalue weighted by atomic mass is 9.89. The van der Waals surface area contributed by atoms with Crippen molar-refractivity contribution in [2.24, 2.45) is 0 Å². The van der Waals surface area contributed by atoms with Gasteiger partial charge in [-0.1, -0.05) is 30.0 Å². The maximum absolute atomic E-state index is 12.1. The first-order valence-corrected chi connectivity index (χ1v) is 9.53. The van der Waals surface area contributed by atoms with Gasteiger partial charge in [0, 0.05) is 12.2 Å². The van der Waals surface area contributed by atoms with Gasteiger partial charge >= 0.3 is 0 Å². The molecule has 5 nitrogen and oxygen atoms in total. The number of carbonyl (C=O) groups excluding carboxylic acids is 1. The second-order valence-corrected chi connectivity index (χ2v) is 7.39. The summed E-state index contributed by atoms with van der Waals surface area (Å²) in [5, 5.41) is 10.7. The highest BCUT2D eigenvalue weighted by atomic mass is 32.2. The summed E-state index contributed by atoms with van der Waals surface area (Å²) in [6.45, 7) is 3.91. The number of rotatable bonds is 6. The van der Waals surface area contributed by atoms with Gasteiger partial charge in [-0.25, -0.2) is 4.98 Å². The SMILES string of the molecule is Cc1nc(SCCC(=O)N[C@H](C)c2ccc3c(c2)CCCC3)n[nH]1. The number of benzene rings is 1. The van der Waals surface area contributed by atoms with Gasteiger partial charge in [0.15, 0.2) is 0 Å². The van der Waals surface area contributed by atoms with E-state index >= 15 is 0 Å². The van der Waals surface area contributed by atoms with Gasteiger partial charge in [-0.3, -0.25) is 9.89 Å². The first kappa shape index (κ1) is 17.0. The number of aromatic amines is 1. The minimum Gasteiger partial charge on any atom is -0.350 e. The molecule has 1 aromatic carbocycles. The van der Waals surface area contributed by atoms with Crippen LogP contribution in [-0.4, -0.2) is 26.8 Å². The summed E-state index contributed by atoms with van der Waals surface area (Å²) in [6.07, 6.45) is 5.38. The molecule has 24 heavy (non-hydrogen) atoms. The van der Waals surface area contributed by atoms with Crippen molar-refractivity contribution >= 4 is 17.7 Å². The van der Waals surface area contributed by atoms with Gasteiger partial charge < -0.3 is 5.32 Å². The summed E-state index contributed by atoms with van der Waals surface area (Å²) in [5.41, 5.74) is 4.12. The number of hydrogen-bond donors (Lipinski definition) is 2. The highest BCUT2D eigenvalue weighted by Crippen LogP contribution is 2.24. The fraction of sp³-hybridized carbons (Fsp3) is 0.500. The largest absolute Gasteiger partial charge is 0.350 e. The van der Waals surface area contributed by atoms with E-state index in [0.29, 0.717) is 17.3 Å². The molecule has 0 saturated carbocycles. The molecule has 2 N–H and O–H groups in total. The van der Waals surface area contributed by atoms with Crippen LogP contribution in [0.3, 0.4) is 0 Å². The monoisotopic (exact) mass is 344 g/mol. The molecule has 0 radical (unpaired) electrons. The lowest BCUT2D eigenvalue weighted by Gasteiger charge is -2.20. The Hall–Kier alpha value is -1.82. The van der Waals surface area contributed by atoms with Crippen LogP contribution in [0.25, 0.3) is 0 Å². The van der Waals surface area contributed by atoms with Gasteiger partial charge in [-0.05, 0) is 56.2 Å². The first-order chi connectivity index (χ1) is 11.6. The van der Waals surface area contributed by atoms with E-state index in [9.17, 15) is 4.79 Å². The van der Waals surface area contributed by atoms with Crippen LogP contribution >= 0.6 is 11.8 Å². The molecule has 1 atom stereocenters. The highest BCUT2D eigenvalue weighted by Gasteiger charge is 2.14. The van der Waals surface area contributed by atoms with E-state index < -0.39 is 0 Å². The van der Waals surface area contributed by atoms with E-state index in [1.807, 2.05) is 13.8 Å². The van der Waals surface area contributed by atoms with Crippen LogP contribution in [0.2, 0.25) is 0 Å². The molecule has 1 amide bonds. The molecule has 128 valence electrons. The first-order valence-electron chi connectivity index (χ1n) is 8.54. The summed E-state index contributed by atoms with van der Waals surface area (Å²) in [4.78, 5) is 16.4. The van der Waals surface area contributed by atoms with Gasteiger partial charge in [0.1, 0.15) is 5.82 Å². The number of aryl methyl sites for hydroxylation is 3. The third-order valence-electron chi connectivity index (χ3n) is 4.39. The van der Waals surface area contributed by atoms with Gasteiger partial charge in [0.25, 0.3) is 0 Å². The molecular formula is C18H24N4OS. The van der Waals surface area contributed by atoms with E-state index in [0.717, 1.165) is 12.2 Å². The van der Waals surface area contributed by atoms with Gasteiger partial charge in [-0.2, -0.15) is 0 Å². The maximum Gasteiger partial charge on any atom is 0.221 e. The lowest BCUT2D eigenvalue weighted by Crippen LogP contribution is -2.27. The lowest BCUT2D eigenvalue weighted by molar-refractivity contribution is -0.121. The maximum atomic E-state index is 12.1. The van der Waals surface area contributed by atoms with Crippen molar-refractivity contribution < 1.29 is 4.79 Å². The molecule has 0 spiro atoms. The third kappa shape index (κ3) is 4.38. The average Bonchev–Trinajstić information content (AvgIpc) is 2.99. The number of fused-ring (bicyclic) bond motifs is 1. The summed E-state index contributed by atoms with van der Waals surface area (Å²) in [6, 6.07) is 6.69. The van der Waals surface area contributed by atoms with E-state index in [4.69, 9.17) is 0 Å². The molecular weight excluding hydrogens is 320 g/mol. The zero-order chi connectivity index (χ0) is 16.9. The van der Waals surface area contributed by atoms with Crippen molar-refractivity contribution in [2.45, 2.75) is 57.1 Å². The highest BCUT2D eigenvalue weighted by molar-refractivity contribution is 7.99. The molecule has 0 fully saturated rings. The van der Waals surface area contributed by atoms with Crippen molar-refractivity contribution in [1.29, 1.82) is 0 Å². The van der Waals surface area contributed by atoms with Crippen LogP contribution in [0.5, 0.6) is 0 Å². The quantitative estimate of drug-likeness (QED) is 0.789. The Kier molecular flexibility index (Phi) is 5.56. The third-order valence-corrected chi connectivity index (χ3v) is 5.24. The smallest absolute Gasteiger partial charge is 0.221 e. The van der Waals surface area contributed by atoms with E-state index in [1.54, 1.807) is 0 Å². The molecule has 1 aromatic heterocycles. The fourth-order valence-corrected chi connectivity index (χ4v) is 3.82. The predicted molar refractivity (Wildman–Crippen MR) is 96.1 cm³/mol. The van der Waals surface area contributed by atoms with Crippen LogP contribution in [0.15, 0.2) is 23.4 Å². The number of nitrogens with one attached hydrogen (secondary N) is 2. The Balaban J connectivity index is 1.48. The summed E-state index contributed by atoms with van der Waals surface area (Å²) >= 11 is 1.50. The van der Waals surface area contributed by atoms with E-state index in [1.165, 1.54) is 47.7 Å². The van der Waals surface area contributed by atoms with Crippen LogP contribution in [-0.2, 0) is 17.6 Å². The molecule has 6 heteroatoms. The predicted octanol–water partition coefficient (Wildman–Crippen LogP) is 3.35. The number of nitrogens with zero attached hydrogens (tertiary/aromatic N) is 2. The topological polar surface area (TPSA) is 70.7 Å². The van der Waals surface area contributed by atoms with Crippen molar-refractivity contribution in [3.63, 3.8) is 0 Å². The normalized spacial score (nSPS) is 14.9. The molecule has 1 aliphatic rings. The molecule has 0 unspecified atom stereocenters. The number of amides is 1. The molecule has 1 aliphatic carbocycles. The average molecular weight is 344 g/mol. The second-order valence-electron chi connectivity index (χ2n) is 6.33. The Morgan fingerprint density at radius 1 is 1.33 bits per heavy atom. The van der Waals surface area contributed by atoms with Crippen molar-refractivity contribution in [3.8, 4) is 0 Å². The number of aromatic nitrogens is 3. The van der Waals surface area contributed by atoms with E-state index in [-0.39, 0.29) is 11.9 Å².